The number of hydrogen-bond acceptors (Lipinski definition) is 7. The molecule has 0 atom stereocenters. The molecule has 0 spiro atoms. The topological polar surface area (TPSA) is 134 Å². The molecule has 2 heterocycles. The van der Waals surface area contributed by atoms with Gasteiger partial charge in [-0.1, -0.05) is 12.1 Å². The SMILES string of the molecule is CCOC(=O)c1[nH]c(C)c(C(=O)OCC(=O)Nc2c(C#N)oc3ccccc23)c1C. The molecule has 0 unspecified atom stereocenters. The summed E-state index contributed by atoms with van der Waals surface area (Å²) in [6, 6.07) is 8.74. The van der Waals surface area contributed by atoms with E-state index in [1.54, 1.807) is 45.0 Å². The highest BCUT2D eigenvalue weighted by Gasteiger charge is 2.24. The third kappa shape index (κ3) is 3.89. The summed E-state index contributed by atoms with van der Waals surface area (Å²) in [6.45, 7) is 4.50. The quantitative estimate of drug-likeness (QED) is 0.597. The first-order valence-corrected chi connectivity index (χ1v) is 9.12. The number of H-pyrrole nitrogens is 1. The number of furan rings is 1. The van der Waals surface area contributed by atoms with Gasteiger partial charge in [-0.05, 0) is 38.5 Å². The van der Waals surface area contributed by atoms with Gasteiger partial charge in [0.15, 0.2) is 6.61 Å². The van der Waals surface area contributed by atoms with Crippen LogP contribution in [0.3, 0.4) is 0 Å². The molecule has 3 aromatic rings. The van der Waals surface area contributed by atoms with E-state index in [4.69, 9.17) is 13.9 Å². The van der Waals surface area contributed by atoms with Crippen LogP contribution in [0.5, 0.6) is 0 Å². The number of aromatic amines is 1. The molecular weight excluding hydrogens is 390 g/mol. The van der Waals surface area contributed by atoms with E-state index >= 15 is 0 Å². The maximum absolute atomic E-state index is 12.5. The number of ether oxygens (including phenoxy) is 2. The van der Waals surface area contributed by atoms with Crippen molar-refractivity contribution in [3.8, 4) is 6.07 Å². The van der Waals surface area contributed by atoms with Crippen LogP contribution in [-0.4, -0.2) is 36.0 Å². The van der Waals surface area contributed by atoms with E-state index in [2.05, 4.69) is 10.3 Å². The number of fused-ring (bicyclic) bond motifs is 1. The molecule has 30 heavy (non-hydrogen) atoms. The molecule has 0 aliphatic carbocycles. The Morgan fingerprint density at radius 1 is 1.17 bits per heavy atom. The average Bonchev–Trinajstić information content (AvgIpc) is 3.23. The maximum atomic E-state index is 12.5. The van der Waals surface area contributed by atoms with Crippen LogP contribution >= 0.6 is 0 Å². The van der Waals surface area contributed by atoms with Crippen LogP contribution in [0, 0.1) is 25.2 Å². The van der Waals surface area contributed by atoms with Gasteiger partial charge >= 0.3 is 11.9 Å². The van der Waals surface area contributed by atoms with Crippen molar-refractivity contribution in [3.05, 3.63) is 52.5 Å². The van der Waals surface area contributed by atoms with Crippen molar-refractivity contribution in [1.82, 2.24) is 4.98 Å². The number of benzene rings is 1. The van der Waals surface area contributed by atoms with E-state index in [1.807, 2.05) is 6.07 Å². The second kappa shape index (κ2) is 8.53. The summed E-state index contributed by atoms with van der Waals surface area (Å²) in [5.74, 6) is -2.02. The minimum absolute atomic E-state index is 0.0488. The van der Waals surface area contributed by atoms with Gasteiger partial charge in [0, 0.05) is 11.1 Å². The number of para-hydroxylation sites is 1. The molecule has 3 rings (SSSR count). The lowest BCUT2D eigenvalue weighted by atomic mass is 10.1. The number of nitrogens with zero attached hydrogens (tertiary/aromatic N) is 1. The van der Waals surface area contributed by atoms with Crippen LogP contribution < -0.4 is 5.32 Å². The van der Waals surface area contributed by atoms with Crippen molar-refractivity contribution < 1.29 is 28.3 Å². The third-order valence-corrected chi connectivity index (χ3v) is 4.42. The van der Waals surface area contributed by atoms with Crippen LogP contribution in [-0.2, 0) is 14.3 Å². The Morgan fingerprint density at radius 2 is 1.90 bits per heavy atom. The average molecular weight is 409 g/mol. The summed E-state index contributed by atoms with van der Waals surface area (Å²) < 4.78 is 15.4. The number of nitriles is 1. The third-order valence-electron chi connectivity index (χ3n) is 4.42. The summed E-state index contributed by atoms with van der Waals surface area (Å²) in [5.41, 5.74) is 1.79. The summed E-state index contributed by atoms with van der Waals surface area (Å²) in [5, 5.41) is 12.3. The van der Waals surface area contributed by atoms with Gasteiger partial charge in [-0.3, -0.25) is 4.79 Å². The Hall–Kier alpha value is -4.06. The van der Waals surface area contributed by atoms with Gasteiger partial charge in [-0.2, -0.15) is 5.26 Å². The number of carbonyl (C=O) groups is 3. The highest BCUT2D eigenvalue weighted by Crippen LogP contribution is 2.30. The van der Waals surface area contributed by atoms with Crippen molar-refractivity contribution in [1.29, 1.82) is 5.26 Å². The Labute approximate surface area is 171 Å². The van der Waals surface area contributed by atoms with Crippen molar-refractivity contribution in [2.24, 2.45) is 0 Å². The van der Waals surface area contributed by atoms with Crippen molar-refractivity contribution in [3.63, 3.8) is 0 Å². The van der Waals surface area contributed by atoms with E-state index in [9.17, 15) is 19.6 Å². The fourth-order valence-electron chi connectivity index (χ4n) is 3.09. The summed E-state index contributed by atoms with van der Waals surface area (Å²) >= 11 is 0. The summed E-state index contributed by atoms with van der Waals surface area (Å²) in [4.78, 5) is 39.6. The maximum Gasteiger partial charge on any atom is 0.355 e. The van der Waals surface area contributed by atoms with Crippen LogP contribution in [0.1, 0.15) is 44.8 Å². The number of amides is 1. The molecule has 0 aliphatic rings. The summed E-state index contributed by atoms with van der Waals surface area (Å²) in [6.07, 6.45) is 0. The number of rotatable bonds is 6. The molecule has 0 saturated heterocycles. The standard InChI is InChI=1S/C21H19N3O6/c1-4-28-21(27)18-11(2)17(12(3)23-18)20(26)29-10-16(25)24-19-13-7-5-6-8-14(13)30-15(19)9-22/h5-8,23H,4,10H2,1-3H3,(H,24,25). The lowest BCUT2D eigenvalue weighted by molar-refractivity contribution is -0.119. The first kappa shape index (κ1) is 20.7. The Balaban J connectivity index is 1.71. The highest BCUT2D eigenvalue weighted by molar-refractivity contribution is 6.04. The van der Waals surface area contributed by atoms with E-state index in [1.165, 1.54) is 0 Å². The number of esters is 2. The van der Waals surface area contributed by atoms with Crippen molar-refractivity contribution >= 4 is 34.5 Å². The van der Waals surface area contributed by atoms with Gasteiger partial charge in [0.25, 0.3) is 5.91 Å². The van der Waals surface area contributed by atoms with E-state index < -0.39 is 24.5 Å². The number of carbonyl (C=O) groups excluding carboxylic acids is 3. The molecule has 2 aromatic heterocycles. The minimum atomic E-state index is -0.760. The first-order valence-electron chi connectivity index (χ1n) is 9.12. The minimum Gasteiger partial charge on any atom is -0.461 e. The van der Waals surface area contributed by atoms with Crippen LogP contribution in [0.4, 0.5) is 5.69 Å². The first-order chi connectivity index (χ1) is 14.4. The molecule has 1 aromatic carbocycles. The Morgan fingerprint density at radius 3 is 2.60 bits per heavy atom. The zero-order chi connectivity index (χ0) is 21.8. The van der Waals surface area contributed by atoms with Crippen LogP contribution in [0.15, 0.2) is 28.7 Å². The fourth-order valence-corrected chi connectivity index (χ4v) is 3.09. The lowest BCUT2D eigenvalue weighted by Gasteiger charge is -2.07. The van der Waals surface area contributed by atoms with Gasteiger partial charge in [-0.15, -0.1) is 0 Å². The normalized spacial score (nSPS) is 10.5. The number of nitrogens with one attached hydrogen (secondary N) is 2. The largest absolute Gasteiger partial charge is 0.461 e. The van der Waals surface area contributed by atoms with Gasteiger partial charge in [0.1, 0.15) is 23.0 Å². The molecule has 9 heteroatoms. The predicted octanol–water partition coefficient (Wildman–Crippen LogP) is 3.22. The highest BCUT2D eigenvalue weighted by atomic mass is 16.5. The van der Waals surface area contributed by atoms with E-state index in [0.29, 0.717) is 22.2 Å². The Bertz CT molecular complexity index is 1180. The molecule has 2 N–H and O–H groups in total. The molecule has 0 saturated carbocycles. The second-order valence-corrected chi connectivity index (χ2v) is 6.38. The summed E-state index contributed by atoms with van der Waals surface area (Å²) in [7, 11) is 0. The molecule has 0 aliphatic heterocycles. The fraction of sp³-hybridized carbons (Fsp3) is 0.238. The van der Waals surface area contributed by atoms with E-state index in [-0.39, 0.29) is 29.3 Å². The van der Waals surface area contributed by atoms with Gasteiger partial charge in [0.05, 0.1) is 12.2 Å². The van der Waals surface area contributed by atoms with E-state index in [0.717, 1.165) is 0 Å². The smallest absolute Gasteiger partial charge is 0.355 e. The number of aromatic nitrogens is 1. The predicted molar refractivity (Wildman–Crippen MR) is 106 cm³/mol. The number of aryl methyl sites for hydroxylation is 1. The molecule has 0 bridgehead atoms. The van der Waals surface area contributed by atoms with Gasteiger partial charge in [0.2, 0.25) is 5.76 Å². The lowest BCUT2D eigenvalue weighted by Crippen LogP contribution is -2.21. The number of anilines is 1. The van der Waals surface area contributed by atoms with Gasteiger partial charge in [-0.25, -0.2) is 9.59 Å². The van der Waals surface area contributed by atoms with Crippen molar-refractivity contribution in [2.45, 2.75) is 20.8 Å². The molecule has 154 valence electrons. The van der Waals surface area contributed by atoms with Crippen LogP contribution in [0.25, 0.3) is 11.0 Å². The molecule has 9 nitrogen and oxygen atoms in total. The molecule has 0 radical (unpaired) electrons. The zero-order valence-corrected chi connectivity index (χ0v) is 16.6. The molecular formula is C21H19N3O6. The molecule has 1 amide bonds. The zero-order valence-electron chi connectivity index (χ0n) is 16.6. The van der Waals surface area contributed by atoms with Crippen molar-refractivity contribution in [2.75, 3.05) is 18.5 Å². The van der Waals surface area contributed by atoms with Crippen LogP contribution in [0.2, 0.25) is 0 Å². The Kier molecular flexibility index (Phi) is 5.88. The second-order valence-electron chi connectivity index (χ2n) is 6.38. The molecule has 0 fully saturated rings. The number of hydrogen-bond donors (Lipinski definition) is 2. The van der Waals surface area contributed by atoms with Gasteiger partial charge < -0.3 is 24.2 Å². The monoisotopic (exact) mass is 409 g/mol.